The number of aryl methyl sites for hydroxylation is 2. The van der Waals surface area contributed by atoms with Gasteiger partial charge in [0.2, 0.25) is 0 Å². The molecule has 2 N–H and O–H groups in total. The van der Waals surface area contributed by atoms with E-state index in [1.807, 2.05) is 20.8 Å². The van der Waals surface area contributed by atoms with Gasteiger partial charge in [0.1, 0.15) is 11.5 Å². The minimum Gasteiger partial charge on any atom is -0.508 e. The zero-order valence-corrected chi connectivity index (χ0v) is 12.2. The Morgan fingerprint density at radius 3 is 2.65 bits per heavy atom. The van der Waals surface area contributed by atoms with Crippen LogP contribution in [0.5, 0.6) is 11.5 Å². The van der Waals surface area contributed by atoms with Crippen molar-refractivity contribution in [1.82, 2.24) is 10.2 Å². The number of methoxy groups -OCH3 is 1. The highest BCUT2D eigenvalue weighted by molar-refractivity contribution is 5.35. The number of nitrogens with zero attached hydrogens (tertiary/aromatic N) is 1. The first-order valence-electron chi connectivity index (χ1n) is 6.45. The van der Waals surface area contributed by atoms with Gasteiger partial charge in [-0.15, -0.1) is 0 Å². The second kappa shape index (κ2) is 5.54. The molecule has 20 heavy (non-hydrogen) atoms. The molecule has 1 atom stereocenters. The van der Waals surface area contributed by atoms with E-state index in [4.69, 9.17) is 9.47 Å². The van der Waals surface area contributed by atoms with Crippen molar-refractivity contribution in [2.75, 3.05) is 13.7 Å². The Morgan fingerprint density at radius 2 is 2.10 bits per heavy atom. The van der Waals surface area contributed by atoms with Crippen molar-refractivity contribution in [2.45, 2.75) is 26.4 Å². The summed E-state index contributed by atoms with van der Waals surface area (Å²) in [5, 5.41) is 16.7. The van der Waals surface area contributed by atoms with Gasteiger partial charge in [0.25, 0.3) is 0 Å². The summed E-state index contributed by atoms with van der Waals surface area (Å²) < 4.78 is 11.4. The average molecular weight is 276 g/mol. The molecule has 0 aliphatic heterocycles. The maximum Gasteiger partial charge on any atom is 0.158 e. The van der Waals surface area contributed by atoms with Gasteiger partial charge < -0.3 is 14.6 Å². The van der Waals surface area contributed by atoms with Crippen LogP contribution in [0.4, 0.5) is 0 Å². The van der Waals surface area contributed by atoms with Gasteiger partial charge in [0.05, 0.1) is 12.3 Å². The monoisotopic (exact) mass is 276 g/mol. The molecule has 0 amide bonds. The molecule has 0 saturated heterocycles. The molecule has 0 bridgehead atoms. The number of hydrogen-bond acceptors (Lipinski definition) is 4. The second-order valence-corrected chi connectivity index (χ2v) is 5.07. The molecule has 0 radical (unpaired) electrons. The number of hydrogen-bond donors (Lipinski definition) is 2. The maximum absolute atomic E-state index is 9.55. The van der Waals surface area contributed by atoms with Crippen molar-refractivity contribution in [3.05, 3.63) is 41.2 Å². The average Bonchev–Trinajstić information content (AvgIpc) is 2.69. The smallest absolute Gasteiger partial charge is 0.158 e. The first kappa shape index (κ1) is 14.4. The fourth-order valence-electron chi connectivity index (χ4n) is 2.57. The number of ether oxygens (including phenoxy) is 2. The molecule has 108 valence electrons. The summed E-state index contributed by atoms with van der Waals surface area (Å²) in [6.45, 7) is 6.21. The van der Waals surface area contributed by atoms with Crippen LogP contribution in [-0.4, -0.2) is 29.0 Å². The molecule has 1 heterocycles. The SMILES string of the molecule is COCC(C)(Oc1cccc(O)c1)c1c(C)n[nH]c1C. The highest BCUT2D eigenvalue weighted by atomic mass is 16.5. The fraction of sp³-hybridized carbons (Fsp3) is 0.400. The highest BCUT2D eigenvalue weighted by Gasteiger charge is 2.34. The van der Waals surface area contributed by atoms with Crippen molar-refractivity contribution in [3.63, 3.8) is 0 Å². The standard InChI is InChI=1S/C15H20N2O3/c1-10-14(11(2)17-16-10)15(3,9-19-4)20-13-7-5-6-12(18)8-13/h5-8,18H,9H2,1-4H3,(H,16,17). The first-order chi connectivity index (χ1) is 9.46. The van der Waals surface area contributed by atoms with Crippen molar-refractivity contribution >= 4 is 0 Å². The Balaban J connectivity index is 2.40. The lowest BCUT2D eigenvalue weighted by Gasteiger charge is -2.30. The van der Waals surface area contributed by atoms with E-state index in [9.17, 15) is 5.11 Å². The normalized spacial score (nSPS) is 14.0. The quantitative estimate of drug-likeness (QED) is 0.881. The van der Waals surface area contributed by atoms with Crippen molar-refractivity contribution in [3.8, 4) is 11.5 Å². The van der Waals surface area contributed by atoms with Crippen LogP contribution in [0.25, 0.3) is 0 Å². The Bertz CT molecular complexity index is 575. The minimum atomic E-state index is -0.677. The number of phenolic OH excluding ortho intramolecular Hbond substituents is 1. The molecule has 0 aliphatic carbocycles. The van der Waals surface area contributed by atoms with E-state index >= 15 is 0 Å². The molecule has 0 aliphatic rings. The third-order valence-electron chi connectivity index (χ3n) is 3.24. The summed E-state index contributed by atoms with van der Waals surface area (Å²) in [5.41, 5.74) is 2.12. The Hall–Kier alpha value is -2.01. The van der Waals surface area contributed by atoms with E-state index in [0.29, 0.717) is 12.4 Å². The molecule has 0 fully saturated rings. The lowest BCUT2D eigenvalue weighted by molar-refractivity contribution is -0.000564. The molecule has 2 rings (SSSR count). The molecular weight excluding hydrogens is 256 g/mol. The summed E-state index contributed by atoms with van der Waals surface area (Å²) in [4.78, 5) is 0. The van der Waals surface area contributed by atoms with E-state index in [1.165, 1.54) is 0 Å². The topological polar surface area (TPSA) is 67.4 Å². The Kier molecular flexibility index (Phi) is 3.99. The lowest BCUT2D eigenvalue weighted by atomic mass is 9.94. The lowest BCUT2D eigenvalue weighted by Crippen LogP contribution is -2.35. The van der Waals surface area contributed by atoms with Crippen molar-refractivity contribution < 1.29 is 14.6 Å². The van der Waals surface area contributed by atoms with Crippen molar-refractivity contribution in [2.24, 2.45) is 0 Å². The fourth-order valence-corrected chi connectivity index (χ4v) is 2.57. The van der Waals surface area contributed by atoms with Crippen LogP contribution in [0.1, 0.15) is 23.9 Å². The van der Waals surface area contributed by atoms with Crippen LogP contribution < -0.4 is 4.74 Å². The van der Waals surface area contributed by atoms with Crippen LogP contribution in [0.2, 0.25) is 0 Å². The molecule has 0 spiro atoms. The van der Waals surface area contributed by atoms with E-state index in [2.05, 4.69) is 10.2 Å². The molecule has 0 saturated carbocycles. The summed E-state index contributed by atoms with van der Waals surface area (Å²) >= 11 is 0. The third-order valence-corrected chi connectivity index (χ3v) is 3.24. The Morgan fingerprint density at radius 1 is 1.35 bits per heavy atom. The molecule has 5 nitrogen and oxygen atoms in total. The predicted molar refractivity (Wildman–Crippen MR) is 76.0 cm³/mol. The molecule has 5 heteroatoms. The van der Waals surface area contributed by atoms with Crippen LogP contribution in [0.3, 0.4) is 0 Å². The first-order valence-corrected chi connectivity index (χ1v) is 6.45. The predicted octanol–water partition coefficient (Wildman–Crippen LogP) is 2.67. The van der Waals surface area contributed by atoms with Crippen LogP contribution in [0, 0.1) is 13.8 Å². The third kappa shape index (κ3) is 2.77. The summed E-state index contributed by atoms with van der Waals surface area (Å²) in [7, 11) is 1.63. The largest absolute Gasteiger partial charge is 0.508 e. The van der Waals surface area contributed by atoms with Gasteiger partial charge in [-0.05, 0) is 32.9 Å². The number of phenols is 1. The number of benzene rings is 1. The summed E-state index contributed by atoms with van der Waals surface area (Å²) in [6.07, 6.45) is 0. The highest BCUT2D eigenvalue weighted by Crippen LogP contribution is 2.33. The molecule has 1 unspecified atom stereocenters. The molecule has 1 aromatic heterocycles. The zero-order chi connectivity index (χ0) is 14.8. The van der Waals surface area contributed by atoms with Gasteiger partial charge >= 0.3 is 0 Å². The van der Waals surface area contributed by atoms with Gasteiger partial charge in [-0.25, -0.2) is 0 Å². The maximum atomic E-state index is 9.55. The number of aromatic nitrogens is 2. The number of H-pyrrole nitrogens is 1. The van der Waals surface area contributed by atoms with Crippen LogP contribution in [0.15, 0.2) is 24.3 Å². The molecule has 1 aromatic carbocycles. The number of rotatable bonds is 5. The van der Waals surface area contributed by atoms with Gasteiger partial charge in [-0.2, -0.15) is 5.10 Å². The van der Waals surface area contributed by atoms with E-state index in [-0.39, 0.29) is 5.75 Å². The number of aromatic hydroxyl groups is 1. The zero-order valence-electron chi connectivity index (χ0n) is 12.2. The van der Waals surface area contributed by atoms with Gasteiger partial charge in [-0.3, -0.25) is 5.10 Å². The number of nitrogens with one attached hydrogen (secondary N) is 1. The molecular formula is C15H20N2O3. The van der Waals surface area contributed by atoms with Gasteiger partial charge in [0, 0.05) is 24.4 Å². The van der Waals surface area contributed by atoms with E-state index in [1.54, 1.807) is 31.4 Å². The van der Waals surface area contributed by atoms with Gasteiger partial charge in [-0.1, -0.05) is 6.07 Å². The van der Waals surface area contributed by atoms with Crippen LogP contribution >= 0.6 is 0 Å². The Labute approximate surface area is 118 Å². The summed E-state index contributed by atoms with van der Waals surface area (Å²) in [6, 6.07) is 6.74. The van der Waals surface area contributed by atoms with E-state index < -0.39 is 5.60 Å². The second-order valence-electron chi connectivity index (χ2n) is 5.07. The van der Waals surface area contributed by atoms with Gasteiger partial charge in [0.15, 0.2) is 5.60 Å². The molecule has 2 aromatic rings. The number of aromatic amines is 1. The minimum absolute atomic E-state index is 0.169. The van der Waals surface area contributed by atoms with E-state index in [0.717, 1.165) is 17.0 Å². The van der Waals surface area contributed by atoms with Crippen molar-refractivity contribution in [1.29, 1.82) is 0 Å². The summed E-state index contributed by atoms with van der Waals surface area (Å²) in [5.74, 6) is 0.757. The van der Waals surface area contributed by atoms with Crippen LogP contribution in [-0.2, 0) is 10.3 Å².